The molecule has 5 nitrogen and oxygen atoms in total. The van der Waals surface area contributed by atoms with E-state index >= 15 is 0 Å². The van der Waals surface area contributed by atoms with E-state index in [4.69, 9.17) is 9.26 Å². The van der Waals surface area contributed by atoms with Crippen molar-refractivity contribution in [3.8, 4) is 0 Å². The number of nitrogens with one attached hydrogen (secondary N) is 1. The smallest absolute Gasteiger partial charge is 0.233 e. The highest BCUT2D eigenvalue weighted by atomic mass is 16.5. The lowest BCUT2D eigenvalue weighted by atomic mass is 9.83. The Morgan fingerprint density at radius 3 is 2.70 bits per heavy atom. The molecule has 1 aromatic rings. The molecule has 0 aromatic carbocycles. The van der Waals surface area contributed by atoms with Crippen LogP contribution >= 0.6 is 0 Å². The Kier molecular flexibility index (Phi) is 4.36. The van der Waals surface area contributed by atoms with E-state index in [1.54, 1.807) is 0 Å². The highest BCUT2D eigenvalue weighted by molar-refractivity contribution is 5.04. The summed E-state index contributed by atoms with van der Waals surface area (Å²) in [6.45, 7) is 3.81. The second kappa shape index (κ2) is 6.22. The standard InChI is InChI=1S/C15H25N3O2/c1-10-3-5-11(6-4-10)14-17-15(20-18-14)12-9-19-8-7-13(12)16-2/h10-13,16H,3-9H2,1-2H3. The molecule has 112 valence electrons. The number of hydrogen-bond donors (Lipinski definition) is 1. The second-order valence-electron chi connectivity index (χ2n) is 6.31. The van der Waals surface area contributed by atoms with Gasteiger partial charge in [0.2, 0.25) is 5.89 Å². The maximum Gasteiger partial charge on any atom is 0.233 e. The van der Waals surface area contributed by atoms with Crippen LogP contribution in [0.25, 0.3) is 0 Å². The van der Waals surface area contributed by atoms with Crippen molar-refractivity contribution in [2.75, 3.05) is 20.3 Å². The van der Waals surface area contributed by atoms with Gasteiger partial charge in [-0.25, -0.2) is 0 Å². The number of ether oxygens (including phenoxy) is 1. The summed E-state index contributed by atoms with van der Waals surface area (Å²) in [5.41, 5.74) is 0. The van der Waals surface area contributed by atoms with Crippen LogP contribution in [0, 0.1) is 5.92 Å². The summed E-state index contributed by atoms with van der Waals surface area (Å²) >= 11 is 0. The lowest BCUT2D eigenvalue weighted by Gasteiger charge is -2.28. The lowest BCUT2D eigenvalue weighted by Crippen LogP contribution is -2.39. The van der Waals surface area contributed by atoms with Crippen molar-refractivity contribution >= 4 is 0 Å². The quantitative estimate of drug-likeness (QED) is 0.921. The molecular weight excluding hydrogens is 254 g/mol. The Labute approximate surface area is 120 Å². The van der Waals surface area contributed by atoms with Crippen LogP contribution in [0.2, 0.25) is 0 Å². The Hall–Kier alpha value is -0.940. The van der Waals surface area contributed by atoms with Crippen LogP contribution in [0.4, 0.5) is 0 Å². The van der Waals surface area contributed by atoms with E-state index in [2.05, 4.69) is 22.4 Å². The van der Waals surface area contributed by atoms with Gasteiger partial charge < -0.3 is 14.6 Å². The second-order valence-corrected chi connectivity index (χ2v) is 6.31. The minimum absolute atomic E-state index is 0.192. The van der Waals surface area contributed by atoms with Gasteiger partial charge in [0.05, 0.1) is 12.5 Å². The molecule has 1 aliphatic carbocycles. The van der Waals surface area contributed by atoms with Crippen LogP contribution in [0.15, 0.2) is 4.52 Å². The summed E-state index contributed by atoms with van der Waals surface area (Å²) in [6, 6.07) is 0.378. The fourth-order valence-electron chi connectivity index (χ4n) is 3.41. The van der Waals surface area contributed by atoms with Crippen molar-refractivity contribution in [2.24, 2.45) is 5.92 Å². The Morgan fingerprint density at radius 2 is 1.95 bits per heavy atom. The maximum atomic E-state index is 5.57. The van der Waals surface area contributed by atoms with Gasteiger partial charge in [-0.05, 0) is 32.2 Å². The predicted molar refractivity (Wildman–Crippen MR) is 75.7 cm³/mol. The molecule has 1 saturated heterocycles. The Morgan fingerprint density at radius 1 is 1.15 bits per heavy atom. The zero-order valence-corrected chi connectivity index (χ0v) is 12.5. The lowest BCUT2D eigenvalue weighted by molar-refractivity contribution is 0.0516. The van der Waals surface area contributed by atoms with E-state index in [1.807, 2.05) is 7.05 Å². The van der Waals surface area contributed by atoms with Crippen molar-refractivity contribution in [3.05, 3.63) is 11.7 Å². The molecule has 0 bridgehead atoms. The zero-order chi connectivity index (χ0) is 13.9. The molecule has 1 aliphatic heterocycles. The molecule has 1 aromatic heterocycles. The van der Waals surface area contributed by atoms with Crippen LogP contribution < -0.4 is 5.32 Å². The van der Waals surface area contributed by atoms with Gasteiger partial charge >= 0.3 is 0 Å². The largest absolute Gasteiger partial charge is 0.381 e. The van der Waals surface area contributed by atoms with Crippen LogP contribution in [0.1, 0.15) is 62.6 Å². The molecule has 20 heavy (non-hydrogen) atoms. The number of nitrogens with zero attached hydrogens (tertiary/aromatic N) is 2. The molecule has 5 heteroatoms. The Bertz CT molecular complexity index is 427. The first kappa shape index (κ1) is 14.0. The minimum atomic E-state index is 0.192. The molecule has 2 aliphatic rings. The van der Waals surface area contributed by atoms with Crippen LogP contribution in [0.5, 0.6) is 0 Å². The zero-order valence-electron chi connectivity index (χ0n) is 12.5. The minimum Gasteiger partial charge on any atom is -0.381 e. The predicted octanol–water partition coefficient (Wildman–Crippen LogP) is 2.46. The summed E-state index contributed by atoms with van der Waals surface area (Å²) in [6.07, 6.45) is 5.94. The molecule has 1 N–H and O–H groups in total. The fourth-order valence-corrected chi connectivity index (χ4v) is 3.41. The highest BCUT2D eigenvalue weighted by Gasteiger charge is 2.32. The van der Waals surface area contributed by atoms with E-state index in [9.17, 15) is 0 Å². The molecule has 2 unspecified atom stereocenters. The topological polar surface area (TPSA) is 60.2 Å². The molecule has 1 saturated carbocycles. The van der Waals surface area contributed by atoms with Gasteiger partial charge in [-0.1, -0.05) is 24.9 Å². The van der Waals surface area contributed by atoms with Gasteiger partial charge in [0.15, 0.2) is 5.82 Å². The van der Waals surface area contributed by atoms with Gasteiger partial charge in [0.25, 0.3) is 0 Å². The number of hydrogen-bond acceptors (Lipinski definition) is 5. The first-order chi connectivity index (χ1) is 9.78. The number of aromatic nitrogens is 2. The average Bonchev–Trinajstić information content (AvgIpc) is 2.97. The van der Waals surface area contributed by atoms with Crippen molar-refractivity contribution in [1.82, 2.24) is 15.5 Å². The molecule has 2 fully saturated rings. The summed E-state index contributed by atoms with van der Waals surface area (Å²) < 4.78 is 11.1. The van der Waals surface area contributed by atoms with Gasteiger partial charge in [-0.3, -0.25) is 0 Å². The molecular formula is C15H25N3O2. The van der Waals surface area contributed by atoms with E-state index in [-0.39, 0.29) is 5.92 Å². The van der Waals surface area contributed by atoms with Crippen molar-refractivity contribution < 1.29 is 9.26 Å². The summed E-state index contributed by atoms with van der Waals surface area (Å²) in [5.74, 6) is 3.18. The van der Waals surface area contributed by atoms with E-state index in [0.717, 1.165) is 30.7 Å². The van der Waals surface area contributed by atoms with Crippen molar-refractivity contribution in [3.63, 3.8) is 0 Å². The van der Waals surface area contributed by atoms with Gasteiger partial charge in [-0.2, -0.15) is 4.98 Å². The van der Waals surface area contributed by atoms with Crippen LogP contribution in [-0.4, -0.2) is 36.4 Å². The van der Waals surface area contributed by atoms with Gasteiger partial charge in [0.1, 0.15) is 0 Å². The molecule has 0 radical (unpaired) electrons. The Balaban J connectivity index is 1.69. The number of rotatable bonds is 3. The monoisotopic (exact) mass is 279 g/mol. The van der Waals surface area contributed by atoms with Crippen molar-refractivity contribution in [2.45, 2.75) is 56.9 Å². The van der Waals surface area contributed by atoms with Crippen LogP contribution in [0.3, 0.4) is 0 Å². The van der Waals surface area contributed by atoms with E-state index in [1.165, 1.54) is 25.7 Å². The molecule has 0 spiro atoms. The molecule has 2 atom stereocenters. The first-order valence-electron chi connectivity index (χ1n) is 7.86. The summed E-state index contributed by atoms with van der Waals surface area (Å²) in [4.78, 5) is 4.68. The first-order valence-corrected chi connectivity index (χ1v) is 7.86. The third-order valence-electron chi connectivity index (χ3n) is 4.88. The fraction of sp³-hybridized carbons (Fsp3) is 0.867. The SMILES string of the molecule is CNC1CCOCC1c1nc(C2CCC(C)CC2)no1. The summed E-state index contributed by atoms with van der Waals surface area (Å²) in [5, 5.41) is 7.58. The van der Waals surface area contributed by atoms with E-state index in [0.29, 0.717) is 18.6 Å². The molecule has 3 rings (SSSR count). The van der Waals surface area contributed by atoms with E-state index < -0.39 is 0 Å². The molecule has 2 heterocycles. The molecule has 0 amide bonds. The normalized spacial score (nSPS) is 35.1. The van der Waals surface area contributed by atoms with Crippen molar-refractivity contribution in [1.29, 1.82) is 0 Å². The van der Waals surface area contributed by atoms with Gasteiger partial charge in [-0.15, -0.1) is 0 Å². The third kappa shape index (κ3) is 2.88. The maximum absolute atomic E-state index is 5.57. The van der Waals surface area contributed by atoms with Gasteiger partial charge in [0, 0.05) is 18.6 Å². The van der Waals surface area contributed by atoms with Crippen LogP contribution in [-0.2, 0) is 4.74 Å². The number of likely N-dealkylation sites (N-methyl/N-ethyl adjacent to an activating group) is 1. The average molecular weight is 279 g/mol. The third-order valence-corrected chi connectivity index (χ3v) is 4.88. The highest BCUT2D eigenvalue weighted by Crippen LogP contribution is 2.35. The summed E-state index contributed by atoms with van der Waals surface area (Å²) in [7, 11) is 1.99.